The van der Waals surface area contributed by atoms with Gasteiger partial charge < -0.3 is 20.1 Å². The number of amides is 2. The van der Waals surface area contributed by atoms with Crippen molar-refractivity contribution < 1.29 is 24.2 Å². The third kappa shape index (κ3) is 5.50. The van der Waals surface area contributed by atoms with E-state index in [4.69, 9.17) is 9.84 Å². The number of ether oxygens (including phenoxy) is 1. The molecule has 2 N–H and O–H groups in total. The summed E-state index contributed by atoms with van der Waals surface area (Å²) in [5.41, 5.74) is 4.52. The van der Waals surface area contributed by atoms with Crippen LogP contribution in [0.1, 0.15) is 56.6 Å². The van der Waals surface area contributed by atoms with E-state index in [1.165, 1.54) is 0 Å². The van der Waals surface area contributed by atoms with E-state index in [1.54, 1.807) is 11.9 Å². The lowest BCUT2D eigenvalue weighted by molar-refractivity contribution is -0.138. The number of alkyl carbamates (subject to hydrolysis) is 1. The van der Waals surface area contributed by atoms with E-state index in [0.29, 0.717) is 12.5 Å². The minimum Gasteiger partial charge on any atom is -0.481 e. The Morgan fingerprint density at radius 3 is 2.20 bits per heavy atom. The molecule has 2 aliphatic rings. The van der Waals surface area contributed by atoms with Gasteiger partial charge in [-0.1, -0.05) is 62.4 Å². The number of nitrogens with one attached hydrogen (secondary N) is 1. The highest BCUT2D eigenvalue weighted by molar-refractivity contribution is 5.86. The van der Waals surface area contributed by atoms with E-state index in [9.17, 15) is 14.4 Å². The zero-order valence-corrected chi connectivity index (χ0v) is 20.6. The molecular formula is C28H34N2O5. The number of hydrogen-bond donors (Lipinski definition) is 2. The second-order valence-corrected chi connectivity index (χ2v) is 10.5. The maximum Gasteiger partial charge on any atom is 0.407 e. The Morgan fingerprint density at radius 2 is 1.66 bits per heavy atom. The Morgan fingerprint density at radius 1 is 1.09 bits per heavy atom. The lowest BCUT2D eigenvalue weighted by Gasteiger charge is -2.46. The molecule has 0 heterocycles. The van der Waals surface area contributed by atoms with Gasteiger partial charge in [-0.2, -0.15) is 0 Å². The Kier molecular flexibility index (Phi) is 7.15. The molecule has 7 heteroatoms. The van der Waals surface area contributed by atoms with E-state index < -0.39 is 18.1 Å². The summed E-state index contributed by atoms with van der Waals surface area (Å²) in [6, 6.07) is 15.2. The van der Waals surface area contributed by atoms with Crippen molar-refractivity contribution in [3.05, 3.63) is 59.7 Å². The number of carboxylic acids is 1. The topological polar surface area (TPSA) is 95.9 Å². The molecule has 4 rings (SSSR count). The second-order valence-electron chi connectivity index (χ2n) is 10.5. The number of hydrogen-bond acceptors (Lipinski definition) is 4. The first-order chi connectivity index (χ1) is 16.7. The average molecular weight is 479 g/mol. The maximum atomic E-state index is 13.1. The molecule has 35 heavy (non-hydrogen) atoms. The van der Waals surface area contributed by atoms with E-state index in [2.05, 4.69) is 31.3 Å². The van der Waals surface area contributed by atoms with Crippen LogP contribution in [0.25, 0.3) is 11.1 Å². The molecule has 2 aromatic rings. The fourth-order valence-electron chi connectivity index (χ4n) is 5.98. The SMILES string of the molecule is CC1CC(C)(CN(C)C(=O)C(CCC(=O)O)NC(=O)OCC2c3ccccc3-c3ccccc32)C1. The number of benzene rings is 2. The molecule has 1 saturated carbocycles. The average Bonchev–Trinajstić information content (AvgIpc) is 3.12. The standard InChI is InChI=1S/C28H34N2O5/c1-18-14-28(2,15-18)17-30(3)26(33)24(12-13-25(31)32)29-27(34)35-16-23-21-10-6-4-8-19(21)20-9-5-7-11-22(20)23/h4-11,18,23-24H,12-17H2,1-3H3,(H,29,34)(H,31,32). The van der Waals surface area contributed by atoms with Gasteiger partial charge in [0.15, 0.2) is 0 Å². The van der Waals surface area contributed by atoms with Gasteiger partial charge in [0.05, 0.1) is 0 Å². The fraction of sp³-hybridized carbons (Fsp3) is 0.464. The molecule has 0 aliphatic heterocycles. The molecule has 0 saturated heterocycles. The molecule has 0 bridgehead atoms. The van der Waals surface area contributed by atoms with Crippen LogP contribution in [-0.2, 0) is 14.3 Å². The summed E-state index contributed by atoms with van der Waals surface area (Å²) in [5.74, 6) is -0.755. The summed E-state index contributed by atoms with van der Waals surface area (Å²) in [6.07, 6.45) is 1.17. The number of likely N-dealkylation sites (N-methyl/N-ethyl adjacent to an activating group) is 1. The first kappa shape index (κ1) is 24.8. The molecule has 0 spiro atoms. The summed E-state index contributed by atoms with van der Waals surface area (Å²) < 4.78 is 5.59. The molecule has 0 aromatic heterocycles. The van der Waals surface area contributed by atoms with Gasteiger partial charge in [-0.3, -0.25) is 9.59 Å². The van der Waals surface area contributed by atoms with Gasteiger partial charge in [-0.05, 0) is 52.8 Å². The highest BCUT2D eigenvalue weighted by atomic mass is 16.5. The third-order valence-electron chi connectivity index (χ3n) is 7.26. The lowest BCUT2D eigenvalue weighted by Crippen LogP contribution is -2.51. The van der Waals surface area contributed by atoms with Crippen LogP contribution in [0.3, 0.4) is 0 Å². The highest BCUT2D eigenvalue weighted by Gasteiger charge is 2.40. The van der Waals surface area contributed by atoms with Crippen molar-refractivity contribution in [2.75, 3.05) is 20.2 Å². The van der Waals surface area contributed by atoms with E-state index >= 15 is 0 Å². The van der Waals surface area contributed by atoms with E-state index in [-0.39, 0.29) is 36.7 Å². The zero-order valence-electron chi connectivity index (χ0n) is 20.6. The molecule has 1 fully saturated rings. The van der Waals surface area contributed by atoms with Gasteiger partial charge in [0.1, 0.15) is 12.6 Å². The number of rotatable bonds is 9. The first-order valence-electron chi connectivity index (χ1n) is 12.2. The Hall–Kier alpha value is -3.35. The van der Waals surface area contributed by atoms with Gasteiger partial charge in [0, 0.05) is 25.9 Å². The van der Waals surface area contributed by atoms with Crippen molar-refractivity contribution in [1.82, 2.24) is 10.2 Å². The van der Waals surface area contributed by atoms with Gasteiger partial charge in [0.2, 0.25) is 5.91 Å². The van der Waals surface area contributed by atoms with Gasteiger partial charge >= 0.3 is 12.1 Å². The largest absolute Gasteiger partial charge is 0.481 e. The van der Waals surface area contributed by atoms with Crippen LogP contribution in [0.4, 0.5) is 4.79 Å². The highest BCUT2D eigenvalue weighted by Crippen LogP contribution is 2.46. The predicted molar refractivity (Wildman–Crippen MR) is 133 cm³/mol. The van der Waals surface area contributed by atoms with Crippen LogP contribution in [0.2, 0.25) is 0 Å². The number of nitrogens with zero attached hydrogens (tertiary/aromatic N) is 1. The fourth-order valence-corrected chi connectivity index (χ4v) is 5.98. The Balaban J connectivity index is 1.40. The number of carbonyl (C=O) groups excluding carboxylic acids is 2. The summed E-state index contributed by atoms with van der Waals surface area (Å²) in [6.45, 7) is 5.05. The van der Waals surface area contributed by atoms with Crippen LogP contribution in [0, 0.1) is 11.3 Å². The van der Waals surface area contributed by atoms with Crippen molar-refractivity contribution in [2.45, 2.75) is 51.5 Å². The number of carboxylic acid groups (broad SMARTS) is 1. The van der Waals surface area contributed by atoms with E-state index in [1.807, 2.05) is 36.4 Å². The summed E-state index contributed by atoms with van der Waals surface area (Å²) in [5, 5.41) is 11.8. The summed E-state index contributed by atoms with van der Waals surface area (Å²) >= 11 is 0. The molecule has 0 radical (unpaired) electrons. The third-order valence-corrected chi connectivity index (χ3v) is 7.26. The Labute approximate surface area is 206 Å². The van der Waals surface area contributed by atoms with Crippen LogP contribution in [0.15, 0.2) is 48.5 Å². The quantitative estimate of drug-likeness (QED) is 0.547. The van der Waals surface area contributed by atoms with Gasteiger partial charge in [-0.25, -0.2) is 4.79 Å². The Bertz CT molecular complexity index is 1060. The summed E-state index contributed by atoms with van der Waals surface area (Å²) in [4.78, 5) is 38.7. The van der Waals surface area contributed by atoms with Crippen molar-refractivity contribution in [3.63, 3.8) is 0 Å². The van der Waals surface area contributed by atoms with Crippen LogP contribution >= 0.6 is 0 Å². The molecule has 2 aromatic carbocycles. The zero-order chi connectivity index (χ0) is 25.2. The minimum absolute atomic E-state index is 0.00974. The smallest absolute Gasteiger partial charge is 0.407 e. The van der Waals surface area contributed by atoms with Gasteiger partial charge in [-0.15, -0.1) is 0 Å². The van der Waals surface area contributed by atoms with E-state index in [0.717, 1.165) is 35.1 Å². The summed E-state index contributed by atoms with van der Waals surface area (Å²) in [7, 11) is 1.71. The maximum absolute atomic E-state index is 13.1. The van der Waals surface area contributed by atoms with Crippen molar-refractivity contribution >= 4 is 18.0 Å². The molecule has 2 amide bonds. The molecular weight excluding hydrogens is 444 g/mol. The van der Waals surface area contributed by atoms with Crippen LogP contribution in [-0.4, -0.2) is 54.2 Å². The second kappa shape index (κ2) is 10.1. The van der Waals surface area contributed by atoms with Crippen LogP contribution < -0.4 is 5.32 Å². The molecule has 2 aliphatic carbocycles. The first-order valence-corrected chi connectivity index (χ1v) is 12.2. The number of carbonyl (C=O) groups is 3. The number of aliphatic carboxylic acids is 1. The normalized spacial score (nSPS) is 21.3. The molecule has 1 unspecified atom stereocenters. The molecule has 1 atom stereocenters. The minimum atomic E-state index is -1.01. The van der Waals surface area contributed by atoms with Crippen molar-refractivity contribution in [1.29, 1.82) is 0 Å². The van der Waals surface area contributed by atoms with Gasteiger partial charge in [0.25, 0.3) is 0 Å². The lowest BCUT2D eigenvalue weighted by atomic mass is 9.64. The van der Waals surface area contributed by atoms with Crippen LogP contribution in [0.5, 0.6) is 0 Å². The molecule has 7 nitrogen and oxygen atoms in total. The van der Waals surface area contributed by atoms with Crippen molar-refractivity contribution in [2.24, 2.45) is 11.3 Å². The molecule has 186 valence electrons. The van der Waals surface area contributed by atoms with Crippen molar-refractivity contribution in [3.8, 4) is 11.1 Å². The number of fused-ring (bicyclic) bond motifs is 3. The monoisotopic (exact) mass is 478 g/mol. The predicted octanol–water partition coefficient (Wildman–Crippen LogP) is 4.65.